The van der Waals surface area contributed by atoms with Crippen molar-refractivity contribution in [2.24, 2.45) is 11.3 Å². The number of amides is 1. The number of fused-ring (bicyclic) bond motifs is 1. The molecule has 2 aromatic carbocycles. The van der Waals surface area contributed by atoms with Gasteiger partial charge in [0, 0.05) is 42.3 Å². The fraction of sp³-hybridized carbons (Fsp3) is 0.409. The predicted octanol–water partition coefficient (Wildman–Crippen LogP) is 3.51. The van der Waals surface area contributed by atoms with Gasteiger partial charge in [-0.2, -0.15) is 0 Å². The normalized spacial score (nSPS) is 24.6. The van der Waals surface area contributed by atoms with Crippen LogP contribution in [0.3, 0.4) is 0 Å². The molecule has 2 fully saturated rings. The maximum atomic E-state index is 13.0. The van der Waals surface area contributed by atoms with E-state index in [1.165, 1.54) is 12.1 Å². The molecule has 1 amide bonds. The molecule has 2 aromatic rings. The van der Waals surface area contributed by atoms with Crippen LogP contribution in [0.5, 0.6) is 0 Å². The Bertz CT molecular complexity index is 1050. The van der Waals surface area contributed by atoms with Gasteiger partial charge >= 0.3 is 0 Å². The van der Waals surface area contributed by atoms with Gasteiger partial charge < -0.3 is 9.64 Å². The summed E-state index contributed by atoms with van der Waals surface area (Å²) in [6, 6.07) is 11.0. The van der Waals surface area contributed by atoms with Crippen LogP contribution in [0.25, 0.3) is 0 Å². The molecule has 0 bridgehead atoms. The number of ether oxygens (including phenoxy) is 1. The Labute approximate surface area is 176 Å². The first-order chi connectivity index (χ1) is 14.1. The number of rotatable bonds is 5. The molecule has 6 nitrogen and oxygen atoms in total. The molecule has 0 aromatic heterocycles. The minimum Gasteiger partial charge on any atom is -0.377 e. The van der Waals surface area contributed by atoms with Gasteiger partial charge in [-0.3, -0.25) is 9.52 Å². The average Bonchev–Trinajstić information content (AvgIpc) is 3.14. The number of carbonyl (C=O) groups is 1. The maximum absolute atomic E-state index is 13.0. The lowest BCUT2D eigenvalue weighted by Crippen LogP contribution is -2.66. The fourth-order valence-electron chi connectivity index (χ4n) is 4.92. The van der Waals surface area contributed by atoms with Gasteiger partial charge in [0.2, 0.25) is 0 Å². The number of nitrogens with zero attached hydrogens (tertiary/aromatic N) is 1. The molecule has 4 rings (SSSR count). The van der Waals surface area contributed by atoms with Crippen molar-refractivity contribution in [1.29, 1.82) is 0 Å². The predicted molar refractivity (Wildman–Crippen MR) is 111 cm³/mol. The molecule has 1 aliphatic heterocycles. The monoisotopic (exact) mass is 432 g/mol. The maximum Gasteiger partial charge on any atom is 0.261 e. The molecule has 1 saturated heterocycles. The average molecular weight is 433 g/mol. The molecule has 1 saturated carbocycles. The second-order valence-corrected chi connectivity index (χ2v) is 10.2. The molecule has 1 heterocycles. The van der Waals surface area contributed by atoms with E-state index in [1.54, 1.807) is 29.2 Å². The number of halogens is 1. The lowest BCUT2D eigenvalue weighted by Gasteiger charge is -2.57. The van der Waals surface area contributed by atoms with Crippen LogP contribution in [-0.2, 0) is 14.8 Å². The van der Waals surface area contributed by atoms with Crippen LogP contribution in [0.2, 0.25) is 0 Å². The van der Waals surface area contributed by atoms with Crippen LogP contribution >= 0.6 is 0 Å². The third-order valence-electron chi connectivity index (χ3n) is 6.28. The minimum atomic E-state index is -3.84. The number of hydrogen-bond donors (Lipinski definition) is 1. The molecular formula is C22H25FN2O4S. The van der Waals surface area contributed by atoms with Crippen molar-refractivity contribution in [2.75, 3.05) is 18.4 Å². The van der Waals surface area contributed by atoms with Crippen molar-refractivity contribution in [2.45, 2.75) is 37.3 Å². The highest BCUT2D eigenvalue weighted by atomic mass is 32.2. The third kappa shape index (κ3) is 3.48. The summed E-state index contributed by atoms with van der Waals surface area (Å²) in [4.78, 5) is 14.8. The summed E-state index contributed by atoms with van der Waals surface area (Å²) in [5, 5.41) is 0. The number of anilines is 1. The van der Waals surface area contributed by atoms with Gasteiger partial charge in [0.15, 0.2) is 0 Å². The molecule has 8 heteroatoms. The van der Waals surface area contributed by atoms with Crippen LogP contribution in [0.1, 0.15) is 30.6 Å². The molecule has 160 valence electrons. The van der Waals surface area contributed by atoms with Gasteiger partial charge in [0.25, 0.3) is 15.9 Å². The Kier molecular flexibility index (Phi) is 5.10. The lowest BCUT2D eigenvalue weighted by atomic mass is 9.56. The summed E-state index contributed by atoms with van der Waals surface area (Å²) in [7, 11) is -2.03. The Morgan fingerprint density at radius 2 is 1.77 bits per heavy atom. The van der Waals surface area contributed by atoms with E-state index in [0.29, 0.717) is 17.2 Å². The van der Waals surface area contributed by atoms with Crippen LogP contribution in [0.4, 0.5) is 10.1 Å². The summed E-state index contributed by atoms with van der Waals surface area (Å²) in [5.41, 5.74) is 0.711. The van der Waals surface area contributed by atoms with Gasteiger partial charge in [0.1, 0.15) is 5.82 Å². The Morgan fingerprint density at radius 3 is 2.40 bits per heavy atom. The number of nitrogens with one attached hydrogen (secondary N) is 1. The van der Waals surface area contributed by atoms with E-state index < -0.39 is 15.8 Å². The second-order valence-electron chi connectivity index (χ2n) is 8.56. The van der Waals surface area contributed by atoms with Gasteiger partial charge in [-0.05, 0) is 55.0 Å². The Balaban J connectivity index is 1.47. The van der Waals surface area contributed by atoms with Crippen molar-refractivity contribution in [3.63, 3.8) is 0 Å². The lowest BCUT2D eigenvalue weighted by molar-refractivity contribution is -0.139. The summed E-state index contributed by atoms with van der Waals surface area (Å²) in [6.45, 7) is 4.99. The second kappa shape index (κ2) is 7.35. The van der Waals surface area contributed by atoms with E-state index in [9.17, 15) is 17.6 Å². The van der Waals surface area contributed by atoms with Gasteiger partial charge in [-0.15, -0.1) is 0 Å². The van der Waals surface area contributed by atoms with E-state index in [0.717, 1.165) is 25.2 Å². The molecule has 30 heavy (non-hydrogen) atoms. The van der Waals surface area contributed by atoms with Crippen LogP contribution in [0.15, 0.2) is 53.4 Å². The van der Waals surface area contributed by atoms with E-state index in [-0.39, 0.29) is 28.4 Å². The van der Waals surface area contributed by atoms with Crippen molar-refractivity contribution < 1.29 is 22.3 Å². The van der Waals surface area contributed by atoms with Gasteiger partial charge in [0.05, 0.1) is 11.0 Å². The summed E-state index contributed by atoms with van der Waals surface area (Å²) < 4.78 is 46.2. The zero-order valence-corrected chi connectivity index (χ0v) is 17.9. The Hall–Kier alpha value is -2.45. The van der Waals surface area contributed by atoms with Crippen LogP contribution in [-0.4, -0.2) is 45.0 Å². The highest BCUT2D eigenvalue weighted by Crippen LogP contribution is 2.54. The largest absolute Gasteiger partial charge is 0.377 e. The SMILES string of the molecule is CN(C(=O)c1ccc(NS(=O)(=O)c2ccc(F)cc2)cc1)[C@@H]1[C@H]2CCO[C@@H]2C1(C)C. The first-order valence-corrected chi connectivity index (χ1v) is 11.4. The van der Waals surface area contributed by atoms with E-state index in [2.05, 4.69) is 18.6 Å². The van der Waals surface area contributed by atoms with E-state index >= 15 is 0 Å². The summed E-state index contributed by atoms with van der Waals surface area (Å²) in [6.07, 6.45) is 1.15. The molecule has 2 aliphatic rings. The highest BCUT2D eigenvalue weighted by molar-refractivity contribution is 7.92. The van der Waals surface area contributed by atoms with Crippen LogP contribution in [0, 0.1) is 17.2 Å². The molecule has 1 N–H and O–H groups in total. The van der Waals surface area contributed by atoms with Gasteiger partial charge in [-0.25, -0.2) is 12.8 Å². The number of carbonyl (C=O) groups excluding carboxylic acids is 1. The van der Waals surface area contributed by atoms with Gasteiger partial charge in [-0.1, -0.05) is 13.8 Å². The van der Waals surface area contributed by atoms with Crippen molar-refractivity contribution in [1.82, 2.24) is 4.90 Å². The quantitative estimate of drug-likeness (QED) is 0.785. The third-order valence-corrected chi connectivity index (χ3v) is 7.68. The summed E-state index contributed by atoms with van der Waals surface area (Å²) in [5.74, 6) is -0.256. The number of benzene rings is 2. The van der Waals surface area contributed by atoms with E-state index in [4.69, 9.17) is 4.74 Å². The Morgan fingerprint density at radius 1 is 1.13 bits per heavy atom. The van der Waals surface area contributed by atoms with E-state index in [1.807, 2.05) is 7.05 Å². The molecule has 3 atom stereocenters. The smallest absolute Gasteiger partial charge is 0.261 e. The standard InChI is InChI=1S/C22H25FN2O4S/c1-22(2)19(18-12-13-29-20(18)22)25(3)21(26)14-4-8-16(9-5-14)24-30(27,28)17-10-6-15(23)7-11-17/h4-11,18-20,24H,12-13H2,1-3H3/t18-,19-,20+/m1/s1. The molecular weight excluding hydrogens is 407 g/mol. The topological polar surface area (TPSA) is 75.7 Å². The van der Waals surface area contributed by atoms with Crippen molar-refractivity contribution >= 4 is 21.6 Å². The van der Waals surface area contributed by atoms with Crippen molar-refractivity contribution in [3.05, 3.63) is 59.9 Å². The minimum absolute atomic E-state index is 0.0377. The highest BCUT2D eigenvalue weighted by Gasteiger charge is 2.61. The number of sulfonamides is 1. The van der Waals surface area contributed by atoms with Crippen LogP contribution < -0.4 is 4.72 Å². The summed E-state index contributed by atoms with van der Waals surface area (Å²) >= 11 is 0. The van der Waals surface area contributed by atoms with Crippen molar-refractivity contribution in [3.8, 4) is 0 Å². The molecule has 0 radical (unpaired) electrons. The fourth-order valence-corrected chi connectivity index (χ4v) is 5.98. The first-order valence-electron chi connectivity index (χ1n) is 9.88. The molecule has 1 aliphatic carbocycles. The number of hydrogen-bond acceptors (Lipinski definition) is 4. The molecule has 0 unspecified atom stereocenters. The first kappa shape index (κ1) is 20.8. The zero-order chi connectivity index (χ0) is 21.7. The zero-order valence-electron chi connectivity index (χ0n) is 17.1. The molecule has 0 spiro atoms.